The van der Waals surface area contributed by atoms with Gasteiger partial charge < -0.3 is 10.1 Å². The quantitative estimate of drug-likeness (QED) is 0.942. The first kappa shape index (κ1) is 15.0. The number of hydrogen-bond donors (Lipinski definition) is 1. The van der Waals surface area contributed by atoms with Gasteiger partial charge in [-0.3, -0.25) is 0 Å². The molecule has 3 rings (SSSR count). The highest BCUT2D eigenvalue weighted by molar-refractivity contribution is 5.46. The highest BCUT2D eigenvalue weighted by atomic mass is 19.4. The number of alkyl halides is 3. The number of halogens is 3. The zero-order chi connectivity index (χ0) is 15.9. The van der Waals surface area contributed by atoms with Crippen molar-refractivity contribution >= 4 is 11.6 Å². The van der Waals surface area contributed by atoms with Gasteiger partial charge in [0.05, 0.1) is 6.10 Å². The van der Waals surface area contributed by atoms with Gasteiger partial charge in [0.15, 0.2) is 0 Å². The normalized spacial score (nSPS) is 22.4. The van der Waals surface area contributed by atoms with E-state index in [0.29, 0.717) is 11.5 Å². The van der Waals surface area contributed by atoms with E-state index in [2.05, 4.69) is 20.4 Å². The molecular formula is C13H16F3N5O. The van der Waals surface area contributed by atoms with E-state index >= 15 is 0 Å². The van der Waals surface area contributed by atoms with E-state index in [9.17, 15) is 13.2 Å². The number of nitrogens with one attached hydrogen (secondary N) is 1. The topological polar surface area (TPSA) is 64.3 Å². The zero-order valence-corrected chi connectivity index (χ0v) is 12.2. The van der Waals surface area contributed by atoms with Crippen molar-refractivity contribution in [2.24, 2.45) is 0 Å². The van der Waals surface area contributed by atoms with Gasteiger partial charge in [-0.1, -0.05) is 0 Å². The molecule has 0 saturated heterocycles. The molecule has 1 aliphatic carbocycles. The summed E-state index contributed by atoms with van der Waals surface area (Å²) in [6.07, 6.45) is -1.79. The Balaban J connectivity index is 1.93. The van der Waals surface area contributed by atoms with Crippen molar-refractivity contribution in [3.8, 4) is 0 Å². The summed E-state index contributed by atoms with van der Waals surface area (Å²) in [4.78, 5) is 7.46. The Morgan fingerprint density at radius 2 is 2.09 bits per heavy atom. The number of methoxy groups -OCH3 is 1. The minimum atomic E-state index is -4.59. The fourth-order valence-electron chi connectivity index (χ4n) is 2.70. The van der Waals surface area contributed by atoms with Gasteiger partial charge in [0.2, 0.25) is 0 Å². The first-order chi connectivity index (χ1) is 10.4. The van der Waals surface area contributed by atoms with Gasteiger partial charge in [-0.15, -0.1) is 5.10 Å². The molecule has 0 bridgehead atoms. The Morgan fingerprint density at radius 1 is 1.32 bits per heavy atom. The van der Waals surface area contributed by atoms with Crippen molar-refractivity contribution in [3.05, 3.63) is 17.6 Å². The van der Waals surface area contributed by atoms with Gasteiger partial charge in [-0.05, 0) is 26.2 Å². The Hall–Kier alpha value is -1.90. The first-order valence-corrected chi connectivity index (χ1v) is 6.98. The summed E-state index contributed by atoms with van der Waals surface area (Å²) in [5, 5.41) is 6.76. The second-order valence-corrected chi connectivity index (χ2v) is 5.44. The maximum Gasteiger partial charge on any atom is 0.453 e. The van der Waals surface area contributed by atoms with Crippen LogP contribution in [0.1, 0.15) is 30.8 Å². The molecule has 1 aliphatic rings. The van der Waals surface area contributed by atoms with Crippen LogP contribution in [0.3, 0.4) is 0 Å². The molecule has 120 valence electrons. The highest BCUT2D eigenvalue weighted by Gasteiger charge is 2.37. The van der Waals surface area contributed by atoms with E-state index in [1.54, 1.807) is 20.1 Å². The first-order valence-electron chi connectivity index (χ1n) is 6.98. The lowest BCUT2D eigenvalue weighted by Crippen LogP contribution is -2.19. The molecule has 2 atom stereocenters. The summed E-state index contributed by atoms with van der Waals surface area (Å²) >= 11 is 0. The monoisotopic (exact) mass is 315 g/mol. The molecule has 0 radical (unpaired) electrons. The molecule has 9 heteroatoms. The van der Waals surface area contributed by atoms with E-state index in [-0.39, 0.29) is 17.9 Å². The number of aryl methyl sites for hydroxylation is 1. The molecule has 1 fully saturated rings. The molecule has 0 amide bonds. The van der Waals surface area contributed by atoms with Crippen molar-refractivity contribution in [2.75, 3.05) is 12.4 Å². The van der Waals surface area contributed by atoms with Crippen LogP contribution in [0.2, 0.25) is 0 Å². The Kier molecular flexibility index (Phi) is 3.67. The Bertz CT molecular complexity index is 684. The number of rotatable bonds is 3. The molecule has 6 nitrogen and oxygen atoms in total. The lowest BCUT2D eigenvalue weighted by atomic mass is 10.2. The largest absolute Gasteiger partial charge is 0.453 e. The van der Waals surface area contributed by atoms with Crippen LogP contribution in [-0.4, -0.2) is 38.8 Å². The summed E-state index contributed by atoms with van der Waals surface area (Å²) < 4.78 is 44.7. The number of aromatic nitrogens is 4. The molecule has 1 saturated carbocycles. The van der Waals surface area contributed by atoms with Crippen molar-refractivity contribution in [3.63, 3.8) is 0 Å². The van der Waals surface area contributed by atoms with Gasteiger partial charge in [0, 0.05) is 24.9 Å². The van der Waals surface area contributed by atoms with Crippen LogP contribution >= 0.6 is 0 Å². The summed E-state index contributed by atoms with van der Waals surface area (Å²) in [6.45, 7) is 1.71. The SMILES string of the molecule is COC1CCC(Nc2cc(C)nc3nc(C(F)(F)F)nn23)C1. The van der Waals surface area contributed by atoms with E-state index in [0.717, 1.165) is 23.8 Å². The number of nitrogens with zero attached hydrogens (tertiary/aromatic N) is 4. The molecule has 0 aromatic carbocycles. The van der Waals surface area contributed by atoms with Gasteiger partial charge in [-0.2, -0.15) is 22.7 Å². The highest BCUT2D eigenvalue weighted by Crippen LogP contribution is 2.28. The predicted octanol–water partition coefficient (Wildman–Crippen LogP) is 2.43. The standard InChI is InChI=1S/C13H16F3N5O/c1-7-5-10(18-8-3-4-9(6-8)22-2)21-12(17-7)19-11(20-21)13(14,15)16/h5,8-9,18H,3-4,6H2,1-2H3. The molecule has 2 unspecified atom stereocenters. The van der Waals surface area contributed by atoms with Gasteiger partial charge in [0.25, 0.3) is 11.6 Å². The molecular weight excluding hydrogens is 299 g/mol. The van der Waals surface area contributed by atoms with Gasteiger partial charge in [-0.25, -0.2) is 4.98 Å². The molecule has 2 heterocycles. The second-order valence-electron chi connectivity index (χ2n) is 5.44. The summed E-state index contributed by atoms with van der Waals surface area (Å²) in [5.41, 5.74) is 0.581. The second kappa shape index (κ2) is 5.38. The Labute approximate surface area is 124 Å². The molecule has 22 heavy (non-hydrogen) atoms. The Morgan fingerprint density at radius 3 is 2.73 bits per heavy atom. The van der Waals surface area contributed by atoms with Crippen molar-refractivity contribution in [1.82, 2.24) is 19.6 Å². The minimum absolute atomic E-state index is 0.0592. The minimum Gasteiger partial charge on any atom is -0.381 e. The maximum absolute atomic E-state index is 12.8. The summed E-state index contributed by atoms with van der Waals surface area (Å²) in [7, 11) is 1.66. The fraction of sp³-hybridized carbons (Fsp3) is 0.615. The third kappa shape index (κ3) is 2.85. The summed E-state index contributed by atoms with van der Waals surface area (Å²) in [5.74, 6) is -0.779. The third-order valence-electron chi connectivity index (χ3n) is 3.76. The maximum atomic E-state index is 12.8. The van der Waals surface area contributed by atoms with E-state index in [4.69, 9.17) is 4.74 Å². The lowest BCUT2D eigenvalue weighted by Gasteiger charge is -2.15. The zero-order valence-electron chi connectivity index (χ0n) is 12.2. The van der Waals surface area contributed by atoms with Crippen LogP contribution in [0.15, 0.2) is 6.07 Å². The number of hydrogen-bond acceptors (Lipinski definition) is 5. The predicted molar refractivity (Wildman–Crippen MR) is 72.6 cm³/mol. The molecule has 2 aromatic heterocycles. The smallest absolute Gasteiger partial charge is 0.381 e. The van der Waals surface area contributed by atoms with Crippen LogP contribution in [0.5, 0.6) is 0 Å². The fourth-order valence-corrected chi connectivity index (χ4v) is 2.70. The number of ether oxygens (including phenoxy) is 1. The van der Waals surface area contributed by atoms with Crippen LogP contribution < -0.4 is 5.32 Å². The van der Waals surface area contributed by atoms with Crippen LogP contribution in [0.4, 0.5) is 19.0 Å². The average molecular weight is 315 g/mol. The molecule has 0 aliphatic heterocycles. The average Bonchev–Trinajstić information content (AvgIpc) is 3.04. The van der Waals surface area contributed by atoms with E-state index in [1.165, 1.54) is 0 Å². The van der Waals surface area contributed by atoms with Crippen LogP contribution in [0.25, 0.3) is 5.78 Å². The molecule has 0 spiro atoms. The summed E-state index contributed by atoms with van der Waals surface area (Å²) in [6, 6.07) is 1.80. The van der Waals surface area contributed by atoms with Gasteiger partial charge >= 0.3 is 6.18 Å². The molecule has 1 N–H and O–H groups in total. The van der Waals surface area contributed by atoms with E-state index < -0.39 is 12.0 Å². The van der Waals surface area contributed by atoms with Crippen LogP contribution in [0, 0.1) is 6.92 Å². The molecule has 2 aromatic rings. The lowest BCUT2D eigenvalue weighted by molar-refractivity contribution is -0.144. The van der Waals surface area contributed by atoms with Gasteiger partial charge in [0.1, 0.15) is 5.82 Å². The van der Waals surface area contributed by atoms with E-state index in [1.807, 2.05) is 0 Å². The number of fused-ring (bicyclic) bond motifs is 1. The van der Waals surface area contributed by atoms with Crippen LogP contribution in [-0.2, 0) is 10.9 Å². The van der Waals surface area contributed by atoms with Crippen molar-refractivity contribution in [1.29, 1.82) is 0 Å². The van der Waals surface area contributed by atoms with Crippen molar-refractivity contribution in [2.45, 2.75) is 44.5 Å². The van der Waals surface area contributed by atoms with Crippen molar-refractivity contribution < 1.29 is 17.9 Å². The third-order valence-corrected chi connectivity index (χ3v) is 3.76. The number of anilines is 1.